The van der Waals surface area contributed by atoms with Crippen molar-refractivity contribution >= 4 is 5.78 Å². The molecule has 1 atom stereocenters. The van der Waals surface area contributed by atoms with Crippen LogP contribution in [0.3, 0.4) is 0 Å². The molecule has 0 bridgehead atoms. The molecule has 0 aliphatic rings. The van der Waals surface area contributed by atoms with Crippen molar-refractivity contribution in [1.29, 1.82) is 0 Å². The Balaban J connectivity index is 2.03. The van der Waals surface area contributed by atoms with E-state index in [4.69, 9.17) is 4.74 Å². The second-order valence-corrected chi connectivity index (χ2v) is 4.38. The van der Waals surface area contributed by atoms with Gasteiger partial charge in [-0.15, -0.1) is 0 Å². The molecule has 0 N–H and O–H groups in total. The molecule has 0 heterocycles. The maximum absolute atomic E-state index is 13.4. The molecule has 104 valence electrons. The molecular weight excluding hydrogens is 262 g/mol. The molecule has 0 radical (unpaired) electrons. The number of benzene rings is 2. The highest BCUT2D eigenvalue weighted by molar-refractivity contribution is 5.97. The first kappa shape index (κ1) is 14.3. The molecule has 0 aliphatic heterocycles. The minimum absolute atomic E-state index is 0.324. The number of Topliss-reactive ketones (excluding diaryl/α,β-unsaturated/α-hetero) is 1. The lowest BCUT2D eigenvalue weighted by Crippen LogP contribution is -2.14. The fourth-order valence-electron chi connectivity index (χ4n) is 1.86. The molecule has 20 heavy (non-hydrogen) atoms. The van der Waals surface area contributed by atoms with Gasteiger partial charge in [0.25, 0.3) is 0 Å². The van der Waals surface area contributed by atoms with E-state index >= 15 is 0 Å². The van der Waals surface area contributed by atoms with Crippen molar-refractivity contribution in [2.45, 2.75) is 13.0 Å². The molecule has 0 saturated heterocycles. The Hall–Kier alpha value is -2.07. The number of hydrogen-bond donors (Lipinski definition) is 0. The van der Waals surface area contributed by atoms with Crippen molar-refractivity contribution in [2.24, 2.45) is 0 Å². The molecule has 0 aromatic heterocycles. The first-order chi connectivity index (χ1) is 9.59. The number of hydrogen-bond acceptors (Lipinski definition) is 2. The summed E-state index contributed by atoms with van der Waals surface area (Å²) in [6, 6.07) is 12.6. The zero-order valence-electron chi connectivity index (χ0n) is 11.0. The summed E-state index contributed by atoms with van der Waals surface area (Å²) in [6.45, 7) is 1.41. The number of halogens is 2. The fourth-order valence-corrected chi connectivity index (χ4v) is 1.86. The summed E-state index contributed by atoms with van der Waals surface area (Å²) in [4.78, 5) is 11.8. The fraction of sp³-hybridized carbons (Fsp3) is 0.188. The Kier molecular flexibility index (Phi) is 4.58. The highest BCUT2D eigenvalue weighted by atomic mass is 19.1. The average molecular weight is 276 g/mol. The number of rotatable bonds is 5. The SMILES string of the molecule is CC(OCC(=O)c1c(F)cccc1F)c1ccccc1. The predicted octanol–water partition coefficient (Wildman–Crippen LogP) is 3.93. The molecule has 1 unspecified atom stereocenters. The summed E-state index contributed by atoms with van der Waals surface area (Å²) < 4.78 is 32.2. The summed E-state index contributed by atoms with van der Waals surface area (Å²) in [6.07, 6.45) is -0.324. The molecule has 2 nitrogen and oxygen atoms in total. The van der Waals surface area contributed by atoms with Gasteiger partial charge < -0.3 is 4.74 Å². The van der Waals surface area contributed by atoms with E-state index in [1.165, 1.54) is 6.07 Å². The van der Waals surface area contributed by atoms with Gasteiger partial charge in [-0.05, 0) is 24.6 Å². The van der Waals surface area contributed by atoms with E-state index in [2.05, 4.69) is 0 Å². The zero-order chi connectivity index (χ0) is 14.5. The van der Waals surface area contributed by atoms with Crippen LogP contribution in [0.4, 0.5) is 8.78 Å². The van der Waals surface area contributed by atoms with E-state index in [0.717, 1.165) is 17.7 Å². The van der Waals surface area contributed by atoms with Gasteiger partial charge >= 0.3 is 0 Å². The highest BCUT2D eigenvalue weighted by Crippen LogP contribution is 2.18. The van der Waals surface area contributed by atoms with Crippen LogP contribution >= 0.6 is 0 Å². The summed E-state index contributed by atoms with van der Waals surface area (Å²) in [5, 5.41) is 0. The van der Waals surface area contributed by atoms with Crippen molar-refractivity contribution in [3.63, 3.8) is 0 Å². The summed E-state index contributed by atoms with van der Waals surface area (Å²) >= 11 is 0. The molecule has 0 spiro atoms. The van der Waals surface area contributed by atoms with E-state index in [9.17, 15) is 13.6 Å². The van der Waals surface area contributed by atoms with Gasteiger partial charge in [-0.2, -0.15) is 0 Å². The van der Waals surface area contributed by atoms with Crippen molar-refractivity contribution in [2.75, 3.05) is 6.61 Å². The lowest BCUT2D eigenvalue weighted by molar-refractivity contribution is 0.0514. The third kappa shape index (κ3) is 3.27. The first-order valence-corrected chi connectivity index (χ1v) is 6.23. The van der Waals surface area contributed by atoms with Gasteiger partial charge in [0.2, 0.25) is 0 Å². The van der Waals surface area contributed by atoms with Crippen LogP contribution in [-0.4, -0.2) is 12.4 Å². The molecule has 0 amide bonds. The standard InChI is InChI=1S/C16H14F2O2/c1-11(12-6-3-2-4-7-12)20-10-15(19)16-13(17)8-5-9-14(16)18/h2-9,11H,10H2,1H3. The van der Waals surface area contributed by atoms with Crippen LogP contribution in [0.25, 0.3) is 0 Å². The minimum Gasteiger partial charge on any atom is -0.366 e. The van der Waals surface area contributed by atoms with Crippen LogP contribution < -0.4 is 0 Å². The second-order valence-electron chi connectivity index (χ2n) is 4.38. The van der Waals surface area contributed by atoms with E-state index in [1.54, 1.807) is 6.92 Å². The molecule has 2 aromatic rings. The van der Waals surface area contributed by atoms with Crippen molar-refractivity contribution in [3.8, 4) is 0 Å². The molecule has 0 saturated carbocycles. The van der Waals surface area contributed by atoms with Crippen LogP contribution in [0, 0.1) is 11.6 Å². The van der Waals surface area contributed by atoms with Gasteiger partial charge in [-0.3, -0.25) is 4.79 Å². The van der Waals surface area contributed by atoms with Gasteiger partial charge in [-0.1, -0.05) is 36.4 Å². The Morgan fingerprint density at radius 2 is 1.65 bits per heavy atom. The quantitative estimate of drug-likeness (QED) is 0.773. The Morgan fingerprint density at radius 3 is 2.25 bits per heavy atom. The number of carbonyl (C=O) groups is 1. The van der Waals surface area contributed by atoms with Gasteiger partial charge in [0.1, 0.15) is 18.2 Å². The molecular formula is C16H14F2O2. The van der Waals surface area contributed by atoms with Crippen LogP contribution in [0.2, 0.25) is 0 Å². The number of carbonyl (C=O) groups excluding carboxylic acids is 1. The summed E-state index contributed by atoms with van der Waals surface area (Å²) in [5.41, 5.74) is 0.349. The third-order valence-electron chi connectivity index (χ3n) is 2.98. The van der Waals surface area contributed by atoms with Crippen molar-refractivity contribution < 1.29 is 18.3 Å². The van der Waals surface area contributed by atoms with E-state index in [1.807, 2.05) is 30.3 Å². The lowest BCUT2D eigenvalue weighted by atomic mass is 10.1. The minimum atomic E-state index is -0.869. The maximum Gasteiger partial charge on any atom is 0.194 e. The highest BCUT2D eigenvalue weighted by Gasteiger charge is 2.18. The Morgan fingerprint density at radius 1 is 1.05 bits per heavy atom. The van der Waals surface area contributed by atoms with E-state index < -0.39 is 23.0 Å². The normalized spacial score (nSPS) is 12.2. The van der Waals surface area contributed by atoms with Crippen LogP contribution in [0.15, 0.2) is 48.5 Å². The predicted molar refractivity (Wildman–Crippen MR) is 71.5 cm³/mol. The van der Waals surface area contributed by atoms with Gasteiger partial charge in [0.05, 0.1) is 11.7 Å². The monoisotopic (exact) mass is 276 g/mol. The maximum atomic E-state index is 13.4. The summed E-state index contributed by atoms with van der Waals surface area (Å²) in [5.74, 6) is -2.44. The van der Waals surface area contributed by atoms with Crippen LogP contribution in [-0.2, 0) is 4.74 Å². The Bertz CT molecular complexity index is 576. The van der Waals surface area contributed by atoms with Gasteiger partial charge in [0, 0.05) is 0 Å². The molecule has 0 aliphatic carbocycles. The van der Waals surface area contributed by atoms with Gasteiger partial charge in [-0.25, -0.2) is 8.78 Å². The smallest absolute Gasteiger partial charge is 0.194 e. The van der Waals surface area contributed by atoms with Gasteiger partial charge in [0.15, 0.2) is 5.78 Å². The topological polar surface area (TPSA) is 26.3 Å². The second kappa shape index (κ2) is 6.39. The van der Waals surface area contributed by atoms with Crippen LogP contribution in [0.5, 0.6) is 0 Å². The van der Waals surface area contributed by atoms with Crippen molar-refractivity contribution in [1.82, 2.24) is 0 Å². The molecule has 0 fully saturated rings. The first-order valence-electron chi connectivity index (χ1n) is 6.23. The van der Waals surface area contributed by atoms with E-state index in [-0.39, 0.29) is 12.7 Å². The Labute approximate surface area is 116 Å². The molecule has 2 rings (SSSR count). The molecule has 4 heteroatoms. The average Bonchev–Trinajstić information content (AvgIpc) is 2.45. The van der Waals surface area contributed by atoms with Crippen LogP contribution in [0.1, 0.15) is 28.9 Å². The van der Waals surface area contributed by atoms with Crippen molar-refractivity contribution in [3.05, 3.63) is 71.3 Å². The number of ketones is 1. The summed E-state index contributed by atoms with van der Waals surface area (Å²) in [7, 11) is 0. The lowest BCUT2D eigenvalue weighted by Gasteiger charge is -2.13. The zero-order valence-corrected chi connectivity index (χ0v) is 11.0. The van der Waals surface area contributed by atoms with E-state index in [0.29, 0.717) is 0 Å². The molecule has 2 aromatic carbocycles. The number of ether oxygens (including phenoxy) is 1. The largest absolute Gasteiger partial charge is 0.366 e. The third-order valence-corrected chi connectivity index (χ3v) is 2.98.